The fraction of sp³-hybridized carbons (Fsp3) is 0.143. The molecule has 64 valence electrons. The molecule has 0 fully saturated rings. The zero-order chi connectivity index (χ0) is 9.14. The lowest BCUT2D eigenvalue weighted by Crippen LogP contribution is -2.19. The van der Waals surface area contributed by atoms with E-state index in [4.69, 9.17) is 0 Å². The minimum absolute atomic E-state index is 0.197. The second-order valence-electron chi connectivity index (χ2n) is 2.07. The van der Waals surface area contributed by atoms with E-state index in [0.717, 1.165) is 4.47 Å². The molecule has 1 aromatic heterocycles. The third-order valence-corrected chi connectivity index (χ3v) is 2.08. The van der Waals surface area contributed by atoms with E-state index >= 15 is 0 Å². The Labute approximate surface area is 86.8 Å². The zero-order valence-electron chi connectivity index (χ0n) is 6.27. The average Bonchev–Trinajstić information content (AvgIpc) is 2.01. The molecule has 0 saturated heterocycles. The molecule has 0 aliphatic heterocycles. The molecule has 0 spiro atoms. The molecule has 1 heterocycles. The molecule has 5 heteroatoms. The largest absolute Gasteiger partial charge is 0.354 e. The molecule has 1 rings (SSSR count). The van der Waals surface area contributed by atoms with Crippen LogP contribution in [0.25, 0.3) is 0 Å². The lowest BCUT2D eigenvalue weighted by atomic mass is 10.3. The summed E-state index contributed by atoms with van der Waals surface area (Å²) >= 11 is 6.45. The molecule has 0 aromatic carbocycles. The van der Waals surface area contributed by atoms with Gasteiger partial charge < -0.3 is 5.32 Å². The van der Waals surface area contributed by atoms with Gasteiger partial charge in [-0.2, -0.15) is 0 Å². The second kappa shape index (κ2) is 4.00. The van der Waals surface area contributed by atoms with Crippen LogP contribution in [0.3, 0.4) is 0 Å². The topological polar surface area (TPSA) is 42.0 Å². The van der Waals surface area contributed by atoms with Gasteiger partial charge in [-0.3, -0.25) is 4.79 Å². The van der Waals surface area contributed by atoms with Gasteiger partial charge in [-0.05, 0) is 28.1 Å². The highest BCUT2D eigenvalue weighted by atomic mass is 79.9. The average molecular weight is 294 g/mol. The Bertz CT molecular complexity index is 294. The van der Waals surface area contributed by atoms with Gasteiger partial charge in [-0.25, -0.2) is 4.98 Å². The first-order valence-corrected chi connectivity index (χ1v) is 4.77. The van der Waals surface area contributed by atoms with Gasteiger partial charge in [0.25, 0.3) is 5.91 Å². The van der Waals surface area contributed by atoms with E-state index in [9.17, 15) is 4.79 Å². The fourth-order valence-corrected chi connectivity index (χ4v) is 1.89. The summed E-state index contributed by atoms with van der Waals surface area (Å²) in [5, 5.41) is 2.49. The van der Waals surface area contributed by atoms with Crippen LogP contribution >= 0.6 is 31.9 Å². The Balaban J connectivity index is 3.08. The first-order chi connectivity index (χ1) is 5.63. The summed E-state index contributed by atoms with van der Waals surface area (Å²) < 4.78 is 1.46. The third kappa shape index (κ3) is 2.28. The van der Waals surface area contributed by atoms with Gasteiger partial charge in [0.1, 0.15) is 10.3 Å². The molecular formula is C7H6Br2N2O. The maximum Gasteiger partial charge on any atom is 0.269 e. The van der Waals surface area contributed by atoms with Crippen LogP contribution in [0.2, 0.25) is 0 Å². The van der Waals surface area contributed by atoms with E-state index in [0.29, 0.717) is 10.3 Å². The predicted octanol–water partition coefficient (Wildman–Crippen LogP) is 1.97. The Morgan fingerprint density at radius 2 is 2.17 bits per heavy atom. The van der Waals surface area contributed by atoms with Crippen molar-refractivity contribution in [2.75, 3.05) is 7.05 Å². The van der Waals surface area contributed by atoms with Gasteiger partial charge in [0.15, 0.2) is 0 Å². The fourth-order valence-electron chi connectivity index (χ4n) is 0.710. The van der Waals surface area contributed by atoms with Crippen LogP contribution in [0.15, 0.2) is 21.2 Å². The highest BCUT2D eigenvalue weighted by Crippen LogP contribution is 2.16. The Morgan fingerprint density at radius 3 is 2.67 bits per heavy atom. The van der Waals surface area contributed by atoms with Crippen LogP contribution < -0.4 is 5.32 Å². The van der Waals surface area contributed by atoms with E-state index in [2.05, 4.69) is 42.2 Å². The van der Waals surface area contributed by atoms with Crippen molar-refractivity contribution in [3.63, 3.8) is 0 Å². The number of halogens is 2. The number of hydrogen-bond acceptors (Lipinski definition) is 2. The minimum Gasteiger partial charge on any atom is -0.354 e. The molecule has 1 aromatic rings. The number of carbonyl (C=O) groups is 1. The quantitative estimate of drug-likeness (QED) is 0.805. The summed E-state index contributed by atoms with van der Waals surface area (Å²) in [5.74, 6) is -0.197. The highest BCUT2D eigenvalue weighted by molar-refractivity contribution is 9.11. The highest BCUT2D eigenvalue weighted by Gasteiger charge is 2.06. The third-order valence-electron chi connectivity index (χ3n) is 1.22. The van der Waals surface area contributed by atoms with E-state index in [1.807, 2.05) is 0 Å². The first kappa shape index (κ1) is 9.67. The molecule has 0 saturated carbocycles. The molecule has 3 nitrogen and oxygen atoms in total. The van der Waals surface area contributed by atoms with Crippen molar-refractivity contribution in [3.8, 4) is 0 Å². The van der Waals surface area contributed by atoms with Crippen molar-refractivity contribution in [1.29, 1.82) is 0 Å². The summed E-state index contributed by atoms with van der Waals surface area (Å²) in [4.78, 5) is 15.1. The van der Waals surface area contributed by atoms with Crippen LogP contribution in [0.4, 0.5) is 0 Å². The molecular weight excluding hydrogens is 288 g/mol. The Morgan fingerprint density at radius 1 is 1.50 bits per heavy atom. The molecule has 1 amide bonds. The number of carbonyl (C=O) groups excluding carboxylic acids is 1. The minimum atomic E-state index is -0.197. The lowest BCUT2D eigenvalue weighted by Gasteiger charge is -1.99. The Kier molecular flexibility index (Phi) is 3.22. The molecule has 0 radical (unpaired) electrons. The number of rotatable bonds is 1. The molecule has 0 bridgehead atoms. The molecule has 12 heavy (non-hydrogen) atoms. The number of hydrogen-bond donors (Lipinski definition) is 1. The first-order valence-electron chi connectivity index (χ1n) is 3.18. The molecule has 0 aliphatic rings. The molecule has 0 atom stereocenters. The van der Waals surface area contributed by atoms with Crippen molar-refractivity contribution in [2.24, 2.45) is 0 Å². The van der Waals surface area contributed by atoms with Crippen LogP contribution in [0.1, 0.15) is 10.5 Å². The molecule has 1 N–H and O–H groups in total. The standard InChI is InChI=1S/C7H6Br2N2O/c1-10-7(12)5-2-4(8)3-6(9)11-5/h2-3H,1H3,(H,10,12). The van der Waals surface area contributed by atoms with Crippen LogP contribution in [0, 0.1) is 0 Å². The van der Waals surface area contributed by atoms with Crippen molar-refractivity contribution in [1.82, 2.24) is 10.3 Å². The SMILES string of the molecule is CNC(=O)c1cc(Br)cc(Br)n1. The lowest BCUT2D eigenvalue weighted by molar-refractivity contribution is 0.0958. The van der Waals surface area contributed by atoms with Crippen molar-refractivity contribution < 1.29 is 4.79 Å². The summed E-state index contributed by atoms with van der Waals surface area (Å²) in [6.07, 6.45) is 0. The summed E-state index contributed by atoms with van der Waals surface area (Å²) in [7, 11) is 1.57. The summed E-state index contributed by atoms with van der Waals surface area (Å²) in [5.41, 5.74) is 0.388. The number of amides is 1. The van der Waals surface area contributed by atoms with Gasteiger partial charge in [-0.15, -0.1) is 0 Å². The number of nitrogens with one attached hydrogen (secondary N) is 1. The predicted molar refractivity (Wildman–Crippen MR) is 53.0 cm³/mol. The normalized spacial score (nSPS) is 9.58. The molecule has 0 aliphatic carbocycles. The van der Waals surface area contributed by atoms with Crippen LogP contribution in [0.5, 0.6) is 0 Å². The number of aromatic nitrogens is 1. The van der Waals surface area contributed by atoms with Gasteiger partial charge in [0, 0.05) is 11.5 Å². The van der Waals surface area contributed by atoms with Gasteiger partial charge >= 0.3 is 0 Å². The van der Waals surface area contributed by atoms with E-state index in [-0.39, 0.29) is 5.91 Å². The maximum absolute atomic E-state index is 11.1. The van der Waals surface area contributed by atoms with E-state index in [1.165, 1.54) is 0 Å². The monoisotopic (exact) mass is 292 g/mol. The Hall–Kier alpha value is -0.420. The number of pyridine rings is 1. The van der Waals surface area contributed by atoms with E-state index < -0.39 is 0 Å². The molecule has 0 unspecified atom stereocenters. The summed E-state index contributed by atoms with van der Waals surface area (Å²) in [6.45, 7) is 0. The zero-order valence-corrected chi connectivity index (χ0v) is 9.44. The van der Waals surface area contributed by atoms with Crippen molar-refractivity contribution >= 4 is 37.8 Å². The van der Waals surface area contributed by atoms with Crippen LogP contribution in [-0.4, -0.2) is 17.9 Å². The van der Waals surface area contributed by atoms with Crippen molar-refractivity contribution in [2.45, 2.75) is 0 Å². The second-order valence-corrected chi connectivity index (χ2v) is 3.80. The maximum atomic E-state index is 11.1. The van der Waals surface area contributed by atoms with Crippen molar-refractivity contribution in [3.05, 3.63) is 26.9 Å². The smallest absolute Gasteiger partial charge is 0.269 e. The van der Waals surface area contributed by atoms with E-state index in [1.54, 1.807) is 19.2 Å². The van der Waals surface area contributed by atoms with Gasteiger partial charge in [0.2, 0.25) is 0 Å². The van der Waals surface area contributed by atoms with Gasteiger partial charge in [0.05, 0.1) is 0 Å². The number of nitrogens with zero attached hydrogens (tertiary/aromatic N) is 1. The van der Waals surface area contributed by atoms with Crippen LogP contribution in [-0.2, 0) is 0 Å². The summed E-state index contributed by atoms with van der Waals surface area (Å²) in [6, 6.07) is 3.43. The van der Waals surface area contributed by atoms with Gasteiger partial charge in [-0.1, -0.05) is 15.9 Å².